The summed E-state index contributed by atoms with van der Waals surface area (Å²) in [5.74, 6) is 0. The molecule has 1 aliphatic carbocycles. The van der Waals surface area contributed by atoms with Crippen molar-refractivity contribution in [1.82, 2.24) is 4.57 Å². The molecule has 3 rings (SSSR count). The first-order valence-electron chi connectivity index (χ1n) is 5.91. The molecule has 0 spiro atoms. The molecule has 0 unspecified atom stereocenters. The third-order valence-electron chi connectivity index (χ3n) is 3.59. The highest BCUT2D eigenvalue weighted by Crippen LogP contribution is 2.32. The summed E-state index contributed by atoms with van der Waals surface area (Å²) in [5, 5.41) is 10.6. The van der Waals surface area contributed by atoms with Crippen molar-refractivity contribution in [2.24, 2.45) is 7.05 Å². The van der Waals surface area contributed by atoms with Gasteiger partial charge in [-0.25, -0.2) is 0 Å². The van der Waals surface area contributed by atoms with Gasteiger partial charge >= 0.3 is 0 Å². The lowest BCUT2D eigenvalue weighted by Crippen LogP contribution is -2.08. The van der Waals surface area contributed by atoms with Crippen LogP contribution in [-0.4, -0.2) is 4.57 Å². The molecule has 3 heteroatoms. The quantitative estimate of drug-likeness (QED) is 0.458. The van der Waals surface area contributed by atoms with Gasteiger partial charge in [0, 0.05) is 29.4 Å². The Labute approximate surface area is 105 Å². The molecule has 3 nitrogen and oxygen atoms in total. The molecular weight excluding hydrogens is 222 g/mol. The zero-order valence-corrected chi connectivity index (χ0v) is 10.5. The van der Waals surface area contributed by atoms with E-state index in [0.717, 1.165) is 22.6 Å². The van der Waals surface area contributed by atoms with Crippen LogP contribution in [0.5, 0.6) is 0 Å². The monoisotopic (exact) mass is 237 g/mol. The highest BCUT2D eigenvalue weighted by molar-refractivity contribution is 5.99. The Morgan fingerprint density at radius 2 is 1.83 bits per heavy atom. The summed E-state index contributed by atoms with van der Waals surface area (Å²) in [6.45, 7) is 2.08. The molecule has 0 atom stereocenters. The maximum Gasteiger partial charge on any atom is 0.0561 e. The van der Waals surface area contributed by atoms with Crippen molar-refractivity contribution in [1.29, 1.82) is 5.41 Å². The van der Waals surface area contributed by atoms with Gasteiger partial charge in [-0.05, 0) is 36.6 Å². The first-order chi connectivity index (χ1) is 8.58. The van der Waals surface area contributed by atoms with Gasteiger partial charge in [-0.15, -0.1) is 0 Å². The maximum atomic E-state index is 7.75. The van der Waals surface area contributed by atoms with Crippen LogP contribution in [0.25, 0.3) is 22.0 Å². The van der Waals surface area contributed by atoms with E-state index >= 15 is 0 Å². The van der Waals surface area contributed by atoms with Crippen LogP contribution in [0.2, 0.25) is 0 Å². The fraction of sp³-hybridized carbons (Fsp3) is 0.133. The number of benzene rings is 2. The molecule has 0 bridgehead atoms. The van der Waals surface area contributed by atoms with Crippen molar-refractivity contribution >= 4 is 16.5 Å². The Morgan fingerprint density at radius 1 is 1.06 bits per heavy atom. The smallest absolute Gasteiger partial charge is 0.0561 e. The van der Waals surface area contributed by atoms with E-state index in [2.05, 4.69) is 17.6 Å². The van der Waals surface area contributed by atoms with Crippen LogP contribution in [0.15, 0.2) is 36.4 Å². The van der Waals surface area contributed by atoms with Crippen LogP contribution in [-0.2, 0) is 7.05 Å². The van der Waals surface area contributed by atoms with Crippen molar-refractivity contribution < 1.29 is 0 Å². The number of nitrogens with two attached hydrogens (primary N) is 1. The lowest BCUT2D eigenvalue weighted by atomic mass is 9.98. The second-order valence-electron chi connectivity index (χ2n) is 4.68. The number of hydrogen-bond acceptors (Lipinski definition) is 2. The van der Waals surface area contributed by atoms with E-state index < -0.39 is 0 Å². The molecule has 0 saturated heterocycles. The average molecular weight is 237 g/mol. The Bertz CT molecular complexity index is 784. The Hall–Kier alpha value is -2.29. The van der Waals surface area contributed by atoms with Gasteiger partial charge in [-0.1, -0.05) is 12.1 Å². The number of nitrogen functional groups attached to an aromatic ring is 1. The standard InChI is InChI=1S/C15H15N3/c1-9-14-7-10(16)3-5-12(14)13-6-4-11(17)8-15(13)18(9)2/h3-8,17H,16H2,1-2H3. The molecule has 1 aromatic carbocycles. The molecule has 18 heavy (non-hydrogen) atoms. The fourth-order valence-electron chi connectivity index (χ4n) is 2.49. The number of hydrogen-bond donors (Lipinski definition) is 2. The van der Waals surface area contributed by atoms with Gasteiger partial charge in [0.25, 0.3) is 0 Å². The molecule has 0 fully saturated rings. The fourth-order valence-corrected chi connectivity index (χ4v) is 2.49. The predicted molar refractivity (Wildman–Crippen MR) is 74.5 cm³/mol. The first-order valence-corrected chi connectivity index (χ1v) is 5.91. The predicted octanol–water partition coefficient (Wildman–Crippen LogP) is 2.65. The third kappa shape index (κ3) is 1.40. The summed E-state index contributed by atoms with van der Waals surface area (Å²) in [7, 11) is 2.03. The molecular formula is C15H15N3. The Balaban J connectivity index is 2.62. The second-order valence-corrected chi connectivity index (χ2v) is 4.68. The molecule has 0 saturated carbocycles. The van der Waals surface area contributed by atoms with E-state index in [0.29, 0.717) is 5.36 Å². The maximum absolute atomic E-state index is 7.75. The lowest BCUT2D eigenvalue weighted by Gasteiger charge is -2.19. The Kier molecular flexibility index (Phi) is 2.17. The van der Waals surface area contributed by atoms with E-state index in [1.165, 1.54) is 10.8 Å². The topological polar surface area (TPSA) is 54.8 Å². The number of anilines is 1. The van der Waals surface area contributed by atoms with Crippen molar-refractivity contribution in [2.45, 2.75) is 6.92 Å². The van der Waals surface area contributed by atoms with Gasteiger partial charge in [0.1, 0.15) is 0 Å². The average Bonchev–Trinajstić information content (AvgIpc) is 2.36. The Morgan fingerprint density at radius 3 is 2.61 bits per heavy atom. The van der Waals surface area contributed by atoms with E-state index in [-0.39, 0.29) is 0 Å². The number of nitrogens with one attached hydrogen (secondary N) is 1. The normalized spacial score (nSPS) is 11.2. The number of aryl methyl sites for hydroxylation is 1. The minimum atomic E-state index is 0.535. The van der Waals surface area contributed by atoms with Crippen LogP contribution in [0.1, 0.15) is 5.69 Å². The summed E-state index contributed by atoms with van der Waals surface area (Å²) in [5.41, 5.74) is 10.1. The van der Waals surface area contributed by atoms with Crippen LogP contribution in [0, 0.1) is 12.3 Å². The number of pyridine rings is 1. The van der Waals surface area contributed by atoms with Gasteiger partial charge in [0.05, 0.1) is 11.1 Å². The summed E-state index contributed by atoms with van der Waals surface area (Å²) < 4.78 is 2.12. The third-order valence-corrected chi connectivity index (χ3v) is 3.59. The molecule has 1 heterocycles. The molecule has 0 amide bonds. The zero-order chi connectivity index (χ0) is 12.9. The second kappa shape index (κ2) is 3.60. The van der Waals surface area contributed by atoms with Crippen LogP contribution in [0.4, 0.5) is 5.69 Å². The first kappa shape index (κ1) is 10.8. The van der Waals surface area contributed by atoms with Crippen molar-refractivity contribution in [3.63, 3.8) is 0 Å². The van der Waals surface area contributed by atoms with Gasteiger partial charge in [0.15, 0.2) is 0 Å². The van der Waals surface area contributed by atoms with E-state index in [1.807, 2.05) is 37.4 Å². The molecule has 2 aliphatic rings. The molecule has 0 aromatic heterocycles. The van der Waals surface area contributed by atoms with Crippen LogP contribution >= 0.6 is 0 Å². The van der Waals surface area contributed by atoms with E-state index in [1.54, 1.807) is 0 Å². The minimum Gasteiger partial charge on any atom is -0.399 e. The van der Waals surface area contributed by atoms with Gasteiger partial charge < -0.3 is 15.7 Å². The van der Waals surface area contributed by atoms with Gasteiger partial charge in [-0.3, -0.25) is 0 Å². The molecule has 1 aromatic rings. The number of fused-ring (bicyclic) bond motifs is 3. The van der Waals surface area contributed by atoms with Gasteiger partial charge in [-0.2, -0.15) is 0 Å². The van der Waals surface area contributed by atoms with Crippen molar-refractivity contribution in [2.75, 3.05) is 5.73 Å². The van der Waals surface area contributed by atoms with Crippen molar-refractivity contribution in [3.8, 4) is 11.3 Å². The van der Waals surface area contributed by atoms with E-state index in [4.69, 9.17) is 11.1 Å². The summed E-state index contributed by atoms with van der Waals surface area (Å²) >= 11 is 0. The van der Waals surface area contributed by atoms with Crippen molar-refractivity contribution in [3.05, 3.63) is 47.4 Å². The molecule has 90 valence electrons. The number of nitrogens with zero attached hydrogens (tertiary/aromatic N) is 1. The molecule has 1 aliphatic heterocycles. The highest BCUT2D eigenvalue weighted by atomic mass is 14.9. The highest BCUT2D eigenvalue weighted by Gasteiger charge is 2.12. The summed E-state index contributed by atoms with van der Waals surface area (Å²) in [6, 6.07) is 11.7. The zero-order valence-electron chi connectivity index (χ0n) is 10.5. The number of aromatic nitrogens is 1. The molecule has 3 N–H and O–H groups in total. The lowest BCUT2D eigenvalue weighted by molar-refractivity contribution is 0.876. The molecule has 0 radical (unpaired) electrons. The van der Waals surface area contributed by atoms with Gasteiger partial charge in [0.2, 0.25) is 0 Å². The van der Waals surface area contributed by atoms with Crippen LogP contribution in [0.3, 0.4) is 0 Å². The summed E-state index contributed by atoms with van der Waals surface area (Å²) in [4.78, 5) is 0. The van der Waals surface area contributed by atoms with E-state index in [9.17, 15) is 0 Å². The SMILES string of the molecule is Cc1c2cc(N)ccc2c2ccc(=N)cc-2n1C. The number of rotatable bonds is 0. The summed E-state index contributed by atoms with van der Waals surface area (Å²) in [6.07, 6.45) is 0. The van der Waals surface area contributed by atoms with Crippen LogP contribution < -0.4 is 11.1 Å². The minimum absolute atomic E-state index is 0.535. The largest absolute Gasteiger partial charge is 0.399 e.